The lowest BCUT2D eigenvalue weighted by atomic mass is 9.98. The molecule has 0 bridgehead atoms. The van der Waals surface area contributed by atoms with E-state index in [4.69, 9.17) is 4.74 Å². The van der Waals surface area contributed by atoms with Gasteiger partial charge in [-0.25, -0.2) is 9.59 Å². The molecule has 5 rings (SSSR count). The van der Waals surface area contributed by atoms with E-state index in [2.05, 4.69) is 51.5 Å². The van der Waals surface area contributed by atoms with Gasteiger partial charge in [-0.05, 0) is 34.4 Å². The molecular formula is C28H31Cl2N3O4. The van der Waals surface area contributed by atoms with E-state index in [0.717, 1.165) is 48.4 Å². The summed E-state index contributed by atoms with van der Waals surface area (Å²) in [7, 11) is 0. The van der Waals surface area contributed by atoms with Crippen LogP contribution in [0.2, 0.25) is 0 Å². The van der Waals surface area contributed by atoms with Crippen molar-refractivity contribution in [1.82, 2.24) is 10.2 Å². The van der Waals surface area contributed by atoms with Crippen LogP contribution in [0.5, 0.6) is 0 Å². The molecule has 1 amide bonds. The molecule has 3 aromatic rings. The van der Waals surface area contributed by atoms with E-state index < -0.39 is 18.1 Å². The number of anilines is 1. The third kappa shape index (κ3) is 6.36. The summed E-state index contributed by atoms with van der Waals surface area (Å²) in [6.45, 7) is 3.46. The van der Waals surface area contributed by atoms with Gasteiger partial charge in [0.25, 0.3) is 0 Å². The van der Waals surface area contributed by atoms with Gasteiger partial charge in [0.1, 0.15) is 12.6 Å². The first kappa shape index (κ1) is 28.3. The fraction of sp³-hybridized carbons (Fsp3) is 0.286. The number of hydrogen-bond acceptors (Lipinski definition) is 5. The van der Waals surface area contributed by atoms with Gasteiger partial charge in [-0.2, -0.15) is 0 Å². The van der Waals surface area contributed by atoms with Crippen LogP contribution in [0.25, 0.3) is 11.1 Å². The SMILES string of the molecule is Cl.Cl.O=C(N[C@@H](CN1CCN(c2ccccc2)CC1)C(=O)O)OCC1c2ccccc2-c2ccccc21. The van der Waals surface area contributed by atoms with Gasteiger partial charge >= 0.3 is 12.1 Å². The highest BCUT2D eigenvalue weighted by molar-refractivity contribution is 5.85. The number of rotatable bonds is 7. The maximum Gasteiger partial charge on any atom is 0.407 e. The number of fused-ring (bicyclic) bond motifs is 3. The van der Waals surface area contributed by atoms with Crippen molar-refractivity contribution in [3.05, 3.63) is 90.0 Å². The number of nitrogens with zero attached hydrogens (tertiary/aromatic N) is 2. The molecule has 0 spiro atoms. The highest BCUT2D eigenvalue weighted by Crippen LogP contribution is 2.44. The summed E-state index contributed by atoms with van der Waals surface area (Å²) in [6, 6.07) is 25.4. The minimum Gasteiger partial charge on any atom is -0.480 e. The van der Waals surface area contributed by atoms with Gasteiger partial charge in [-0.3, -0.25) is 4.90 Å². The lowest BCUT2D eigenvalue weighted by molar-refractivity contribution is -0.139. The van der Waals surface area contributed by atoms with Crippen LogP contribution in [-0.4, -0.2) is 67.4 Å². The zero-order valence-corrected chi connectivity index (χ0v) is 21.9. The molecule has 1 heterocycles. The van der Waals surface area contributed by atoms with E-state index >= 15 is 0 Å². The number of ether oxygens (including phenoxy) is 1. The van der Waals surface area contributed by atoms with Gasteiger partial charge in [-0.15, -0.1) is 24.8 Å². The highest BCUT2D eigenvalue weighted by atomic mass is 35.5. The lowest BCUT2D eigenvalue weighted by Crippen LogP contribution is -2.54. The van der Waals surface area contributed by atoms with Crippen LogP contribution in [0.1, 0.15) is 17.0 Å². The summed E-state index contributed by atoms with van der Waals surface area (Å²) < 4.78 is 5.54. The monoisotopic (exact) mass is 543 g/mol. The van der Waals surface area contributed by atoms with Crippen LogP contribution in [-0.2, 0) is 9.53 Å². The molecule has 2 N–H and O–H groups in total. The van der Waals surface area contributed by atoms with Gasteiger partial charge < -0.3 is 20.1 Å². The Morgan fingerprint density at radius 1 is 0.838 bits per heavy atom. The van der Waals surface area contributed by atoms with Crippen molar-refractivity contribution < 1.29 is 19.4 Å². The first-order chi connectivity index (χ1) is 17.1. The zero-order valence-electron chi connectivity index (χ0n) is 20.3. The number of nitrogens with one attached hydrogen (secondary N) is 1. The zero-order chi connectivity index (χ0) is 24.2. The summed E-state index contributed by atoms with van der Waals surface area (Å²) in [5.74, 6) is -1.13. The molecule has 1 aliphatic carbocycles. The fourth-order valence-electron chi connectivity index (χ4n) is 5.05. The van der Waals surface area contributed by atoms with Gasteiger partial charge in [0.05, 0.1) is 0 Å². The number of hydrogen-bond donors (Lipinski definition) is 2. The number of halogens is 2. The van der Waals surface area contributed by atoms with Crippen LogP contribution in [0.4, 0.5) is 10.5 Å². The summed E-state index contributed by atoms with van der Waals surface area (Å²) >= 11 is 0. The molecule has 0 saturated carbocycles. The minimum absolute atomic E-state index is 0. The van der Waals surface area contributed by atoms with Crippen molar-refractivity contribution in [2.45, 2.75) is 12.0 Å². The van der Waals surface area contributed by atoms with Crippen LogP contribution in [0.15, 0.2) is 78.9 Å². The van der Waals surface area contributed by atoms with Gasteiger partial charge in [-0.1, -0.05) is 66.7 Å². The van der Waals surface area contributed by atoms with Gasteiger partial charge in [0.15, 0.2) is 0 Å². The molecule has 196 valence electrons. The predicted octanol–water partition coefficient (Wildman–Crippen LogP) is 4.64. The molecule has 1 atom stereocenters. The molecule has 1 saturated heterocycles. The second-order valence-electron chi connectivity index (χ2n) is 8.98. The quantitative estimate of drug-likeness (QED) is 0.451. The van der Waals surface area contributed by atoms with Crippen molar-refractivity contribution in [2.24, 2.45) is 0 Å². The van der Waals surface area contributed by atoms with E-state index in [1.54, 1.807) is 0 Å². The molecule has 0 radical (unpaired) electrons. The third-order valence-corrected chi connectivity index (χ3v) is 6.87. The van der Waals surface area contributed by atoms with Crippen molar-refractivity contribution in [1.29, 1.82) is 0 Å². The average Bonchev–Trinajstić information content (AvgIpc) is 3.21. The number of aliphatic carboxylic acids is 1. The number of carbonyl (C=O) groups excluding carboxylic acids is 1. The Hall–Kier alpha value is -3.26. The second-order valence-corrected chi connectivity index (χ2v) is 8.98. The molecule has 2 aliphatic rings. The molecule has 3 aromatic carbocycles. The molecule has 1 fully saturated rings. The predicted molar refractivity (Wildman–Crippen MR) is 149 cm³/mol. The lowest BCUT2D eigenvalue weighted by Gasteiger charge is -2.37. The molecule has 1 aliphatic heterocycles. The summed E-state index contributed by atoms with van der Waals surface area (Å²) in [6.07, 6.45) is -0.706. The number of carboxylic acids is 1. The van der Waals surface area contributed by atoms with Crippen molar-refractivity contribution in [2.75, 3.05) is 44.2 Å². The van der Waals surface area contributed by atoms with E-state index in [9.17, 15) is 14.7 Å². The van der Waals surface area contributed by atoms with E-state index in [1.165, 1.54) is 5.69 Å². The Morgan fingerprint density at radius 2 is 1.38 bits per heavy atom. The molecular weight excluding hydrogens is 513 g/mol. The first-order valence-electron chi connectivity index (χ1n) is 12.0. The number of carbonyl (C=O) groups is 2. The Bertz CT molecular complexity index is 1160. The van der Waals surface area contributed by atoms with E-state index in [0.29, 0.717) is 0 Å². The Morgan fingerprint density at radius 3 is 1.95 bits per heavy atom. The first-order valence-corrected chi connectivity index (χ1v) is 12.0. The Labute approximate surface area is 229 Å². The number of benzene rings is 3. The Kier molecular flexibility index (Phi) is 9.80. The van der Waals surface area contributed by atoms with Crippen molar-refractivity contribution in [3.8, 4) is 11.1 Å². The average molecular weight is 544 g/mol. The maximum absolute atomic E-state index is 12.6. The fourth-order valence-corrected chi connectivity index (χ4v) is 5.05. The topological polar surface area (TPSA) is 82.1 Å². The number of carboxylic acid groups (broad SMARTS) is 1. The van der Waals surface area contributed by atoms with Crippen LogP contribution < -0.4 is 10.2 Å². The van der Waals surface area contributed by atoms with E-state index in [-0.39, 0.29) is 43.9 Å². The van der Waals surface area contributed by atoms with Crippen LogP contribution >= 0.6 is 24.8 Å². The van der Waals surface area contributed by atoms with Crippen molar-refractivity contribution >= 4 is 42.6 Å². The second kappa shape index (κ2) is 12.8. The number of para-hydroxylation sites is 1. The summed E-state index contributed by atoms with van der Waals surface area (Å²) in [5, 5.41) is 12.3. The number of alkyl carbamates (subject to hydrolysis) is 1. The van der Waals surface area contributed by atoms with E-state index in [1.807, 2.05) is 42.5 Å². The van der Waals surface area contributed by atoms with Crippen LogP contribution in [0.3, 0.4) is 0 Å². The number of amides is 1. The van der Waals surface area contributed by atoms with Crippen LogP contribution in [0, 0.1) is 0 Å². The standard InChI is InChI=1S/C28H29N3O4.2ClH/c32-27(33)26(18-30-14-16-31(17-15-30)20-8-2-1-3-9-20)29-28(34)35-19-25-23-12-6-4-10-21(23)22-11-5-7-13-24(22)25;;/h1-13,25-26H,14-19H2,(H,29,34)(H,32,33);2*1H/t26-;;/m0../s1. The third-order valence-electron chi connectivity index (χ3n) is 6.87. The van der Waals surface area contributed by atoms with Crippen molar-refractivity contribution in [3.63, 3.8) is 0 Å². The minimum atomic E-state index is -1.07. The Balaban J connectivity index is 0.00000190. The normalized spacial score (nSPS) is 15.4. The molecule has 37 heavy (non-hydrogen) atoms. The van der Waals surface area contributed by atoms with Gasteiger partial charge in [0.2, 0.25) is 0 Å². The smallest absolute Gasteiger partial charge is 0.407 e. The molecule has 0 unspecified atom stereocenters. The maximum atomic E-state index is 12.6. The van der Waals surface area contributed by atoms with Gasteiger partial charge in [0, 0.05) is 44.3 Å². The summed E-state index contributed by atoms with van der Waals surface area (Å²) in [5.41, 5.74) is 5.70. The number of piperazine rings is 1. The summed E-state index contributed by atoms with van der Waals surface area (Å²) in [4.78, 5) is 28.8. The molecule has 7 nitrogen and oxygen atoms in total. The largest absolute Gasteiger partial charge is 0.480 e. The molecule has 9 heteroatoms. The molecule has 0 aromatic heterocycles. The highest BCUT2D eigenvalue weighted by Gasteiger charge is 2.30.